The van der Waals surface area contributed by atoms with Crippen LogP contribution in [0.15, 0.2) is 47.1 Å². The Bertz CT molecular complexity index is 807. The number of benzene rings is 1. The number of nitrogens with zero attached hydrogens (tertiary/aromatic N) is 5. The lowest BCUT2D eigenvalue weighted by atomic mass is 10.1. The molecule has 7 heteroatoms. The van der Waals surface area contributed by atoms with Crippen molar-refractivity contribution in [1.29, 1.82) is 0 Å². The molecule has 116 valence electrons. The standard InChI is InChI=1S/C16H14FN5O/c17-13-5-2-1-4-12(13)15-21-20-14(23-15)11-6-9-22(10-11)16-18-7-3-8-19-16/h1-5,7-8,11H,6,9-10H2/t11-/m0/s1. The third-order valence-electron chi connectivity index (χ3n) is 3.92. The molecule has 0 N–H and O–H groups in total. The molecule has 0 saturated carbocycles. The van der Waals surface area contributed by atoms with Crippen LogP contribution in [-0.2, 0) is 0 Å². The Labute approximate surface area is 132 Å². The maximum atomic E-state index is 13.8. The zero-order chi connectivity index (χ0) is 15.6. The van der Waals surface area contributed by atoms with E-state index in [4.69, 9.17) is 4.42 Å². The van der Waals surface area contributed by atoms with Gasteiger partial charge in [-0.2, -0.15) is 0 Å². The van der Waals surface area contributed by atoms with Crippen molar-refractivity contribution in [3.8, 4) is 11.5 Å². The van der Waals surface area contributed by atoms with Crippen LogP contribution < -0.4 is 4.90 Å². The summed E-state index contributed by atoms with van der Waals surface area (Å²) in [7, 11) is 0. The molecule has 1 saturated heterocycles. The normalized spacial score (nSPS) is 17.6. The minimum absolute atomic E-state index is 0.104. The topological polar surface area (TPSA) is 67.9 Å². The van der Waals surface area contributed by atoms with E-state index in [-0.39, 0.29) is 17.6 Å². The van der Waals surface area contributed by atoms with E-state index in [2.05, 4.69) is 25.1 Å². The molecule has 1 aliphatic heterocycles. The summed E-state index contributed by atoms with van der Waals surface area (Å²) in [4.78, 5) is 10.6. The third kappa shape index (κ3) is 2.65. The number of halogens is 1. The van der Waals surface area contributed by atoms with Crippen LogP contribution in [0, 0.1) is 5.82 Å². The highest BCUT2D eigenvalue weighted by molar-refractivity contribution is 5.53. The van der Waals surface area contributed by atoms with Crippen molar-refractivity contribution < 1.29 is 8.81 Å². The molecule has 23 heavy (non-hydrogen) atoms. The van der Waals surface area contributed by atoms with Crippen molar-refractivity contribution >= 4 is 5.95 Å². The van der Waals surface area contributed by atoms with Gasteiger partial charge in [-0.15, -0.1) is 10.2 Å². The summed E-state index contributed by atoms with van der Waals surface area (Å²) in [6, 6.07) is 8.17. The summed E-state index contributed by atoms with van der Waals surface area (Å²) in [5.41, 5.74) is 0.326. The van der Waals surface area contributed by atoms with E-state index in [9.17, 15) is 4.39 Å². The smallest absolute Gasteiger partial charge is 0.250 e. The Hall–Kier alpha value is -2.83. The van der Waals surface area contributed by atoms with Crippen LogP contribution in [0.3, 0.4) is 0 Å². The van der Waals surface area contributed by atoms with Gasteiger partial charge in [0.15, 0.2) is 0 Å². The van der Waals surface area contributed by atoms with Crippen molar-refractivity contribution in [3.05, 3.63) is 54.4 Å². The lowest BCUT2D eigenvalue weighted by molar-refractivity contribution is 0.466. The molecule has 1 fully saturated rings. The average Bonchev–Trinajstić information content (AvgIpc) is 3.25. The van der Waals surface area contributed by atoms with Gasteiger partial charge in [-0.3, -0.25) is 0 Å². The van der Waals surface area contributed by atoms with Gasteiger partial charge in [-0.1, -0.05) is 12.1 Å². The molecule has 3 heterocycles. The molecular weight excluding hydrogens is 297 g/mol. The molecule has 0 aliphatic carbocycles. The molecule has 1 aromatic carbocycles. The fraction of sp³-hybridized carbons (Fsp3) is 0.250. The number of anilines is 1. The summed E-state index contributed by atoms with van der Waals surface area (Å²) >= 11 is 0. The maximum Gasteiger partial charge on any atom is 0.250 e. The van der Waals surface area contributed by atoms with E-state index in [1.165, 1.54) is 6.07 Å². The Morgan fingerprint density at radius 3 is 2.74 bits per heavy atom. The fourth-order valence-electron chi connectivity index (χ4n) is 2.74. The van der Waals surface area contributed by atoms with E-state index in [1.807, 2.05) is 0 Å². The second-order valence-corrected chi connectivity index (χ2v) is 5.41. The largest absolute Gasteiger partial charge is 0.420 e. The van der Waals surface area contributed by atoms with E-state index in [0.29, 0.717) is 23.9 Å². The first-order valence-corrected chi connectivity index (χ1v) is 7.41. The van der Waals surface area contributed by atoms with E-state index in [1.54, 1.807) is 36.7 Å². The van der Waals surface area contributed by atoms with Crippen molar-refractivity contribution in [2.24, 2.45) is 0 Å². The highest BCUT2D eigenvalue weighted by Gasteiger charge is 2.29. The quantitative estimate of drug-likeness (QED) is 0.741. The van der Waals surface area contributed by atoms with Crippen molar-refractivity contribution in [2.75, 3.05) is 18.0 Å². The molecular formula is C16H14FN5O. The van der Waals surface area contributed by atoms with Crippen LogP contribution in [0.25, 0.3) is 11.5 Å². The van der Waals surface area contributed by atoms with Gasteiger partial charge in [0, 0.05) is 25.5 Å². The molecule has 2 aromatic heterocycles. The van der Waals surface area contributed by atoms with Gasteiger partial charge in [0.25, 0.3) is 5.89 Å². The van der Waals surface area contributed by atoms with Crippen LogP contribution in [-0.4, -0.2) is 33.3 Å². The maximum absolute atomic E-state index is 13.8. The molecule has 0 bridgehead atoms. The van der Waals surface area contributed by atoms with Crippen LogP contribution in [0.2, 0.25) is 0 Å². The van der Waals surface area contributed by atoms with Gasteiger partial charge < -0.3 is 9.32 Å². The first-order chi connectivity index (χ1) is 11.3. The van der Waals surface area contributed by atoms with Crippen molar-refractivity contribution in [1.82, 2.24) is 20.2 Å². The number of hydrogen-bond acceptors (Lipinski definition) is 6. The minimum Gasteiger partial charge on any atom is -0.420 e. The average molecular weight is 311 g/mol. The van der Waals surface area contributed by atoms with E-state index < -0.39 is 0 Å². The molecule has 1 aliphatic rings. The second-order valence-electron chi connectivity index (χ2n) is 5.41. The van der Waals surface area contributed by atoms with Crippen molar-refractivity contribution in [2.45, 2.75) is 12.3 Å². The predicted molar refractivity (Wildman–Crippen MR) is 81.3 cm³/mol. The monoisotopic (exact) mass is 311 g/mol. The Kier molecular flexibility index (Phi) is 3.45. The Morgan fingerprint density at radius 2 is 1.91 bits per heavy atom. The lowest BCUT2D eigenvalue weighted by Gasteiger charge is -2.14. The molecule has 3 aromatic rings. The van der Waals surface area contributed by atoms with Gasteiger partial charge in [0.05, 0.1) is 11.5 Å². The number of aromatic nitrogens is 4. The highest BCUT2D eigenvalue weighted by Crippen LogP contribution is 2.30. The predicted octanol–water partition coefficient (Wildman–Crippen LogP) is 2.66. The van der Waals surface area contributed by atoms with Crippen molar-refractivity contribution in [3.63, 3.8) is 0 Å². The van der Waals surface area contributed by atoms with Crippen LogP contribution >= 0.6 is 0 Å². The first kappa shape index (κ1) is 13.8. The number of rotatable bonds is 3. The van der Waals surface area contributed by atoms with Gasteiger partial charge in [0.1, 0.15) is 5.82 Å². The Morgan fingerprint density at radius 1 is 1.09 bits per heavy atom. The van der Waals surface area contributed by atoms with E-state index >= 15 is 0 Å². The van der Waals surface area contributed by atoms with E-state index in [0.717, 1.165) is 13.0 Å². The molecule has 0 amide bonds. The summed E-state index contributed by atoms with van der Waals surface area (Å²) in [5, 5.41) is 8.08. The van der Waals surface area contributed by atoms with Crippen LogP contribution in [0.1, 0.15) is 18.2 Å². The van der Waals surface area contributed by atoms with Gasteiger partial charge in [-0.25, -0.2) is 14.4 Å². The molecule has 0 spiro atoms. The third-order valence-corrected chi connectivity index (χ3v) is 3.92. The summed E-state index contributed by atoms with van der Waals surface area (Å²) in [5.74, 6) is 1.18. The molecule has 4 rings (SSSR count). The zero-order valence-electron chi connectivity index (χ0n) is 12.3. The fourth-order valence-corrected chi connectivity index (χ4v) is 2.74. The molecule has 0 radical (unpaired) electrons. The summed E-state index contributed by atoms with van der Waals surface area (Å²) in [6.07, 6.45) is 4.31. The Balaban J connectivity index is 1.53. The van der Waals surface area contributed by atoms with Gasteiger partial charge in [0.2, 0.25) is 11.8 Å². The van der Waals surface area contributed by atoms with Gasteiger partial charge >= 0.3 is 0 Å². The summed E-state index contributed by atoms with van der Waals surface area (Å²) in [6.45, 7) is 1.54. The zero-order valence-corrected chi connectivity index (χ0v) is 12.3. The summed E-state index contributed by atoms with van der Waals surface area (Å²) < 4.78 is 19.5. The van der Waals surface area contributed by atoms with Crippen LogP contribution in [0.5, 0.6) is 0 Å². The first-order valence-electron chi connectivity index (χ1n) is 7.41. The molecule has 1 atom stereocenters. The SMILES string of the molecule is Fc1ccccc1-c1nnc([C@H]2CCN(c3ncccn3)C2)o1. The number of hydrogen-bond donors (Lipinski definition) is 0. The lowest BCUT2D eigenvalue weighted by Crippen LogP contribution is -2.21. The molecule has 0 unspecified atom stereocenters. The molecule has 6 nitrogen and oxygen atoms in total. The van der Waals surface area contributed by atoms with Crippen LogP contribution in [0.4, 0.5) is 10.3 Å². The van der Waals surface area contributed by atoms with Gasteiger partial charge in [-0.05, 0) is 24.6 Å². The minimum atomic E-state index is -0.367. The highest BCUT2D eigenvalue weighted by atomic mass is 19.1. The second kappa shape index (κ2) is 5.75.